The van der Waals surface area contributed by atoms with E-state index in [1.54, 1.807) is 0 Å². The summed E-state index contributed by atoms with van der Waals surface area (Å²) < 4.78 is 5.20. The highest BCUT2D eigenvalue weighted by Gasteiger charge is 2.36. The number of hydrogen-bond donors (Lipinski definition) is 0. The minimum Gasteiger partial charge on any atom is -0.465 e. The third-order valence-electron chi connectivity index (χ3n) is 4.15. The Kier molecular flexibility index (Phi) is 4.84. The van der Waals surface area contributed by atoms with Crippen LogP contribution in [0.3, 0.4) is 0 Å². The van der Waals surface area contributed by atoms with Gasteiger partial charge < -0.3 is 4.74 Å². The molecule has 0 aromatic heterocycles. The molecule has 2 rings (SSSR count). The Bertz CT molecular complexity index is 247. The van der Waals surface area contributed by atoms with Gasteiger partial charge in [0.1, 0.15) is 6.04 Å². The van der Waals surface area contributed by atoms with Crippen LogP contribution in [0.5, 0.6) is 0 Å². The fraction of sp³-hybridized carbons (Fsp3) is 0.929. The van der Waals surface area contributed by atoms with Crippen LogP contribution in [0.2, 0.25) is 0 Å². The standard InChI is InChI=1S/C14H25NO2/c1-2-17-14(16)13-10-7-11-15(13)12-8-5-3-4-6-9-12/h12-13H,2-11H2,1H3. The molecule has 2 aliphatic rings. The molecule has 0 spiro atoms. The summed E-state index contributed by atoms with van der Waals surface area (Å²) in [4.78, 5) is 14.4. The summed E-state index contributed by atoms with van der Waals surface area (Å²) in [5.74, 6) is 0.00856. The van der Waals surface area contributed by atoms with Gasteiger partial charge in [-0.2, -0.15) is 0 Å². The molecule has 17 heavy (non-hydrogen) atoms. The van der Waals surface area contributed by atoms with Gasteiger partial charge in [0.25, 0.3) is 0 Å². The van der Waals surface area contributed by atoms with E-state index in [1.165, 1.54) is 38.5 Å². The summed E-state index contributed by atoms with van der Waals surface area (Å²) in [5.41, 5.74) is 0. The van der Waals surface area contributed by atoms with E-state index in [2.05, 4.69) is 4.90 Å². The van der Waals surface area contributed by atoms with Crippen LogP contribution in [0.15, 0.2) is 0 Å². The molecule has 0 aromatic carbocycles. The quantitative estimate of drug-likeness (QED) is 0.560. The van der Waals surface area contributed by atoms with Crippen molar-refractivity contribution < 1.29 is 9.53 Å². The molecule has 3 nitrogen and oxygen atoms in total. The van der Waals surface area contributed by atoms with E-state index in [-0.39, 0.29) is 12.0 Å². The summed E-state index contributed by atoms with van der Waals surface area (Å²) in [6.45, 7) is 3.49. The topological polar surface area (TPSA) is 29.5 Å². The first-order valence-corrected chi connectivity index (χ1v) is 7.25. The Balaban J connectivity index is 1.95. The SMILES string of the molecule is CCOC(=O)C1CCCN1C1CCCCCC1. The Morgan fingerprint density at radius 2 is 1.82 bits per heavy atom. The molecule has 0 N–H and O–H groups in total. The van der Waals surface area contributed by atoms with Crippen LogP contribution in [-0.4, -0.2) is 36.1 Å². The van der Waals surface area contributed by atoms with Crippen LogP contribution in [0.1, 0.15) is 58.3 Å². The van der Waals surface area contributed by atoms with Crippen molar-refractivity contribution in [1.29, 1.82) is 0 Å². The van der Waals surface area contributed by atoms with Crippen LogP contribution in [0.25, 0.3) is 0 Å². The van der Waals surface area contributed by atoms with Crippen molar-refractivity contribution in [3.63, 3.8) is 0 Å². The van der Waals surface area contributed by atoms with E-state index < -0.39 is 0 Å². The van der Waals surface area contributed by atoms with Crippen molar-refractivity contribution in [3.8, 4) is 0 Å². The maximum Gasteiger partial charge on any atom is 0.323 e. The molecule has 98 valence electrons. The molecule has 3 heteroatoms. The van der Waals surface area contributed by atoms with Crippen molar-refractivity contribution in [3.05, 3.63) is 0 Å². The minimum atomic E-state index is 0.00856. The maximum atomic E-state index is 11.9. The highest BCUT2D eigenvalue weighted by Crippen LogP contribution is 2.29. The monoisotopic (exact) mass is 239 g/mol. The number of nitrogens with zero attached hydrogens (tertiary/aromatic N) is 1. The lowest BCUT2D eigenvalue weighted by molar-refractivity contribution is -0.149. The maximum absolute atomic E-state index is 11.9. The third kappa shape index (κ3) is 3.21. The second-order valence-corrected chi connectivity index (χ2v) is 5.29. The molecule has 2 fully saturated rings. The van der Waals surface area contributed by atoms with Crippen molar-refractivity contribution in [2.24, 2.45) is 0 Å². The minimum absolute atomic E-state index is 0.00856. The van der Waals surface area contributed by atoms with E-state index in [4.69, 9.17) is 4.74 Å². The molecule has 1 aliphatic heterocycles. The van der Waals surface area contributed by atoms with Crippen molar-refractivity contribution in [2.45, 2.75) is 70.4 Å². The predicted molar refractivity (Wildman–Crippen MR) is 67.9 cm³/mol. The summed E-state index contributed by atoms with van der Waals surface area (Å²) in [5, 5.41) is 0. The van der Waals surface area contributed by atoms with Crippen LogP contribution in [-0.2, 0) is 9.53 Å². The number of esters is 1. The van der Waals surface area contributed by atoms with Gasteiger partial charge >= 0.3 is 5.97 Å². The summed E-state index contributed by atoms with van der Waals surface area (Å²) in [7, 11) is 0. The average molecular weight is 239 g/mol. The van der Waals surface area contributed by atoms with Crippen molar-refractivity contribution >= 4 is 5.97 Å². The number of carbonyl (C=O) groups excluding carboxylic acids is 1. The fourth-order valence-corrected chi connectivity index (χ4v) is 3.31. The summed E-state index contributed by atoms with van der Waals surface area (Å²) >= 11 is 0. The highest BCUT2D eigenvalue weighted by atomic mass is 16.5. The molecular formula is C14H25NO2. The van der Waals surface area contributed by atoms with Gasteiger partial charge in [-0.25, -0.2) is 0 Å². The summed E-state index contributed by atoms with van der Waals surface area (Å²) in [6, 6.07) is 0.687. The van der Waals surface area contributed by atoms with Crippen LogP contribution in [0.4, 0.5) is 0 Å². The Labute approximate surface area is 105 Å². The molecule has 1 atom stereocenters. The smallest absolute Gasteiger partial charge is 0.323 e. The number of ether oxygens (including phenoxy) is 1. The fourth-order valence-electron chi connectivity index (χ4n) is 3.31. The largest absolute Gasteiger partial charge is 0.465 e. The average Bonchev–Trinajstić information content (AvgIpc) is 2.65. The zero-order chi connectivity index (χ0) is 12.1. The molecule has 0 aromatic rings. The Morgan fingerprint density at radius 3 is 2.47 bits per heavy atom. The van der Waals surface area contributed by atoms with Gasteiger partial charge in [-0.1, -0.05) is 25.7 Å². The second kappa shape index (κ2) is 6.39. The lowest BCUT2D eigenvalue weighted by Gasteiger charge is -2.31. The highest BCUT2D eigenvalue weighted by molar-refractivity contribution is 5.76. The Hall–Kier alpha value is -0.570. The van der Waals surface area contributed by atoms with Crippen molar-refractivity contribution in [1.82, 2.24) is 4.90 Å². The molecule has 0 radical (unpaired) electrons. The van der Waals surface area contributed by atoms with Gasteiger partial charge in [-0.15, -0.1) is 0 Å². The first-order chi connectivity index (χ1) is 8.33. The second-order valence-electron chi connectivity index (χ2n) is 5.29. The predicted octanol–water partition coefficient (Wildman–Crippen LogP) is 2.74. The van der Waals surface area contributed by atoms with E-state index in [0.29, 0.717) is 12.6 Å². The number of likely N-dealkylation sites (tertiary alicyclic amines) is 1. The van der Waals surface area contributed by atoms with Crippen LogP contribution < -0.4 is 0 Å². The molecule has 1 unspecified atom stereocenters. The van der Waals surface area contributed by atoms with E-state index >= 15 is 0 Å². The van der Waals surface area contributed by atoms with Gasteiger partial charge in [0, 0.05) is 6.04 Å². The van der Waals surface area contributed by atoms with Crippen LogP contribution in [0, 0.1) is 0 Å². The summed E-state index contributed by atoms with van der Waals surface area (Å²) in [6.07, 6.45) is 10.1. The lowest BCUT2D eigenvalue weighted by Crippen LogP contribution is -2.43. The third-order valence-corrected chi connectivity index (χ3v) is 4.15. The van der Waals surface area contributed by atoms with Gasteiger partial charge in [0.05, 0.1) is 6.61 Å². The van der Waals surface area contributed by atoms with E-state index in [9.17, 15) is 4.79 Å². The zero-order valence-corrected chi connectivity index (χ0v) is 11.0. The first-order valence-electron chi connectivity index (χ1n) is 7.25. The van der Waals surface area contributed by atoms with Crippen LogP contribution >= 0.6 is 0 Å². The number of carbonyl (C=O) groups is 1. The van der Waals surface area contributed by atoms with Gasteiger partial charge in [-0.3, -0.25) is 9.69 Å². The van der Waals surface area contributed by atoms with Gasteiger partial charge in [-0.05, 0) is 39.2 Å². The normalized spacial score (nSPS) is 27.9. The molecule has 0 bridgehead atoms. The molecule has 1 saturated heterocycles. The molecule has 1 heterocycles. The first kappa shape index (κ1) is 12.9. The zero-order valence-electron chi connectivity index (χ0n) is 11.0. The van der Waals surface area contributed by atoms with E-state index in [1.807, 2.05) is 6.92 Å². The molecular weight excluding hydrogens is 214 g/mol. The number of hydrogen-bond acceptors (Lipinski definition) is 3. The molecule has 1 aliphatic carbocycles. The molecule has 0 amide bonds. The van der Waals surface area contributed by atoms with Gasteiger partial charge in [0.2, 0.25) is 0 Å². The van der Waals surface area contributed by atoms with Gasteiger partial charge in [0.15, 0.2) is 0 Å². The molecule has 1 saturated carbocycles. The number of rotatable bonds is 3. The van der Waals surface area contributed by atoms with E-state index in [0.717, 1.165) is 19.4 Å². The lowest BCUT2D eigenvalue weighted by atomic mass is 10.1. The van der Waals surface area contributed by atoms with Crippen molar-refractivity contribution in [2.75, 3.05) is 13.2 Å². The Morgan fingerprint density at radius 1 is 1.12 bits per heavy atom.